The average molecular weight is 857 g/mol. The van der Waals surface area contributed by atoms with Crippen LogP contribution < -0.4 is 16.4 Å². The van der Waals surface area contributed by atoms with Gasteiger partial charge in [-0.05, 0) is 89.0 Å². The number of hydrogen-bond acceptors (Lipinski definition) is 11. The Morgan fingerprint density at radius 3 is 2.33 bits per heavy atom. The van der Waals surface area contributed by atoms with Gasteiger partial charge in [0.2, 0.25) is 11.8 Å². The maximum absolute atomic E-state index is 15.0. The number of likely N-dealkylation sites (tertiary alicyclic amines) is 1. The molecule has 0 bridgehead atoms. The SMILES string of the molecule is CCCCCCN(C(=O)[C@@H](NC(=O)[C@@]1(C)CCCN1CCO)[C@@H](C)CC)[C@H](C[C@@H](OC(C)=O)c1nc(C(=O)N[C@@H](Cc2ccc(N)cc2)CC(C)(C)C(=O)O)cs1)C(C)C. The van der Waals surface area contributed by atoms with Gasteiger partial charge in [0.25, 0.3) is 5.91 Å². The molecule has 14 nitrogen and oxygen atoms in total. The lowest BCUT2D eigenvalue weighted by atomic mass is 9.84. The molecule has 1 aromatic heterocycles. The molecule has 6 N–H and O–H groups in total. The highest BCUT2D eigenvalue weighted by Gasteiger charge is 2.45. The third kappa shape index (κ3) is 14.0. The van der Waals surface area contributed by atoms with Gasteiger partial charge in [-0.15, -0.1) is 11.3 Å². The minimum Gasteiger partial charge on any atom is -0.481 e. The molecule has 2 heterocycles. The molecule has 0 saturated carbocycles. The summed E-state index contributed by atoms with van der Waals surface area (Å²) in [5.74, 6) is -2.71. The summed E-state index contributed by atoms with van der Waals surface area (Å²) in [5.41, 5.74) is 5.47. The quantitative estimate of drug-likeness (QED) is 0.0422. The van der Waals surface area contributed by atoms with Crippen LogP contribution in [-0.4, -0.2) is 105 Å². The van der Waals surface area contributed by atoms with Crippen molar-refractivity contribution in [2.45, 2.75) is 156 Å². The van der Waals surface area contributed by atoms with Crippen LogP contribution in [0.1, 0.15) is 147 Å². The van der Waals surface area contributed by atoms with Crippen LogP contribution in [0, 0.1) is 17.3 Å². The zero-order valence-corrected chi connectivity index (χ0v) is 38.2. The minimum atomic E-state index is -1.13. The van der Waals surface area contributed by atoms with E-state index in [1.165, 1.54) is 18.3 Å². The van der Waals surface area contributed by atoms with Crippen LogP contribution >= 0.6 is 11.3 Å². The lowest BCUT2D eigenvalue weighted by Crippen LogP contribution is -2.61. The Kier molecular flexibility index (Phi) is 19.5. The second-order valence-electron chi connectivity index (χ2n) is 17.7. The van der Waals surface area contributed by atoms with Crippen LogP contribution in [0.4, 0.5) is 5.69 Å². The second kappa shape index (κ2) is 23.2. The van der Waals surface area contributed by atoms with Gasteiger partial charge >= 0.3 is 11.9 Å². The van der Waals surface area contributed by atoms with E-state index in [2.05, 4.69) is 22.5 Å². The number of esters is 1. The molecule has 1 saturated heterocycles. The van der Waals surface area contributed by atoms with Gasteiger partial charge in [-0.2, -0.15) is 0 Å². The van der Waals surface area contributed by atoms with Crippen LogP contribution in [-0.2, 0) is 30.3 Å². The Balaban J connectivity index is 1.96. The number of thiazole rings is 1. The van der Waals surface area contributed by atoms with E-state index in [0.29, 0.717) is 49.6 Å². The van der Waals surface area contributed by atoms with Crippen molar-refractivity contribution < 1.29 is 38.9 Å². The second-order valence-corrected chi connectivity index (χ2v) is 18.6. The predicted octanol–water partition coefficient (Wildman–Crippen LogP) is 6.37. The van der Waals surface area contributed by atoms with Gasteiger partial charge in [0.1, 0.15) is 16.7 Å². The molecule has 1 aliphatic rings. The smallest absolute Gasteiger partial charge is 0.309 e. The molecule has 3 amide bonds. The highest BCUT2D eigenvalue weighted by Crippen LogP contribution is 2.33. The number of aliphatic hydroxyl groups excluding tert-OH is 1. The molecule has 1 fully saturated rings. The Labute approximate surface area is 361 Å². The largest absolute Gasteiger partial charge is 0.481 e. The number of carboxylic acid groups (broad SMARTS) is 1. The third-order valence-electron chi connectivity index (χ3n) is 12.0. The molecule has 336 valence electrons. The number of nitrogens with zero attached hydrogens (tertiary/aromatic N) is 3. The lowest BCUT2D eigenvalue weighted by molar-refractivity contribution is -0.150. The predicted molar refractivity (Wildman–Crippen MR) is 235 cm³/mol. The van der Waals surface area contributed by atoms with Crippen molar-refractivity contribution in [2.24, 2.45) is 17.3 Å². The molecule has 1 aromatic carbocycles. The van der Waals surface area contributed by atoms with Gasteiger partial charge in [0, 0.05) is 49.6 Å². The van der Waals surface area contributed by atoms with Crippen molar-refractivity contribution in [3.63, 3.8) is 0 Å². The number of benzene rings is 1. The molecule has 0 aliphatic carbocycles. The van der Waals surface area contributed by atoms with Gasteiger partial charge in [-0.3, -0.25) is 28.9 Å². The Morgan fingerprint density at radius 1 is 1.07 bits per heavy atom. The summed E-state index contributed by atoms with van der Waals surface area (Å²) in [6.07, 6.45) is 5.63. The highest BCUT2D eigenvalue weighted by atomic mass is 32.1. The normalized spacial score (nSPS) is 18.3. The van der Waals surface area contributed by atoms with Crippen molar-refractivity contribution in [1.29, 1.82) is 0 Å². The number of β-amino-alcohol motifs (C(OH)–C–C–N with tert-alkyl or cyclic N) is 1. The average Bonchev–Trinajstić information content (AvgIpc) is 3.84. The molecule has 0 radical (unpaired) electrons. The highest BCUT2D eigenvalue weighted by molar-refractivity contribution is 7.09. The molecular weight excluding hydrogens is 785 g/mol. The fourth-order valence-corrected chi connectivity index (χ4v) is 8.89. The summed E-state index contributed by atoms with van der Waals surface area (Å²) < 4.78 is 5.92. The lowest BCUT2D eigenvalue weighted by Gasteiger charge is -2.41. The number of carboxylic acids is 1. The van der Waals surface area contributed by atoms with Gasteiger partial charge in [0.15, 0.2) is 6.10 Å². The number of hydrogen-bond donors (Lipinski definition) is 5. The van der Waals surface area contributed by atoms with E-state index >= 15 is 0 Å². The number of aromatic nitrogens is 1. The molecular formula is C45H72N6O8S. The van der Waals surface area contributed by atoms with Crippen molar-refractivity contribution in [1.82, 2.24) is 25.4 Å². The molecule has 0 spiro atoms. The van der Waals surface area contributed by atoms with E-state index in [9.17, 15) is 34.2 Å². The Morgan fingerprint density at radius 2 is 1.75 bits per heavy atom. The van der Waals surface area contributed by atoms with Crippen LogP contribution in [0.25, 0.3) is 0 Å². The summed E-state index contributed by atoms with van der Waals surface area (Å²) >= 11 is 1.18. The van der Waals surface area contributed by atoms with E-state index in [1.807, 2.05) is 56.6 Å². The topological polar surface area (TPSA) is 204 Å². The first-order chi connectivity index (χ1) is 28.3. The van der Waals surface area contributed by atoms with Crippen molar-refractivity contribution in [3.05, 3.63) is 45.9 Å². The number of nitrogens with two attached hydrogens (primary N) is 1. The van der Waals surface area contributed by atoms with E-state index in [0.717, 1.165) is 37.7 Å². The number of anilines is 1. The summed E-state index contributed by atoms with van der Waals surface area (Å²) in [4.78, 5) is 76.1. The molecule has 0 unspecified atom stereocenters. The number of rotatable bonds is 25. The molecule has 6 atom stereocenters. The molecule has 2 aromatic rings. The Bertz CT molecular complexity index is 1720. The minimum absolute atomic E-state index is 0.0663. The number of aliphatic carboxylic acids is 1. The number of amides is 3. The number of carbonyl (C=O) groups excluding carboxylic acids is 4. The summed E-state index contributed by atoms with van der Waals surface area (Å²) in [5, 5.41) is 27.8. The summed E-state index contributed by atoms with van der Waals surface area (Å²) in [6.45, 7) is 18.0. The number of ether oxygens (including phenoxy) is 1. The van der Waals surface area contributed by atoms with Crippen LogP contribution in [0.3, 0.4) is 0 Å². The van der Waals surface area contributed by atoms with E-state index in [4.69, 9.17) is 10.5 Å². The van der Waals surface area contributed by atoms with Gasteiger partial charge < -0.3 is 36.2 Å². The van der Waals surface area contributed by atoms with Crippen LogP contribution in [0.5, 0.6) is 0 Å². The molecule has 3 rings (SSSR count). The van der Waals surface area contributed by atoms with Gasteiger partial charge in [-0.25, -0.2) is 4.98 Å². The third-order valence-corrected chi connectivity index (χ3v) is 13.0. The van der Waals surface area contributed by atoms with Crippen molar-refractivity contribution >= 4 is 46.7 Å². The maximum Gasteiger partial charge on any atom is 0.309 e. The fourth-order valence-electron chi connectivity index (χ4n) is 8.06. The molecule has 1 aliphatic heterocycles. The monoisotopic (exact) mass is 857 g/mol. The number of carbonyl (C=O) groups is 5. The first kappa shape index (κ1) is 50.3. The summed E-state index contributed by atoms with van der Waals surface area (Å²) in [6, 6.07) is 5.42. The van der Waals surface area contributed by atoms with E-state index in [-0.39, 0.29) is 48.8 Å². The maximum atomic E-state index is 15.0. The first-order valence-electron chi connectivity index (χ1n) is 21.8. The van der Waals surface area contributed by atoms with Crippen LogP contribution in [0.15, 0.2) is 29.6 Å². The number of aliphatic hydroxyl groups is 1. The zero-order valence-electron chi connectivity index (χ0n) is 37.4. The standard InChI is InChI=1S/C45H72N6O8S/c1-10-12-13-14-22-51(41(55)38(30(5)11-2)49-42(56)45(9)20-15-21-50(45)23-24-52)36(29(3)4)26-37(59-31(6)53)40-48-35(28-60-40)39(54)47-34(27-44(7,8)43(57)58)25-32-16-18-33(46)19-17-32/h16-19,28-30,34,36-38,52H,10-15,20-27,46H2,1-9H3,(H,47,54)(H,49,56)(H,57,58)/t30-,34-,36+,37+,38-,45+/m0/s1. The molecule has 60 heavy (non-hydrogen) atoms. The zero-order chi connectivity index (χ0) is 44.8. The van der Waals surface area contributed by atoms with E-state index < -0.39 is 53.0 Å². The van der Waals surface area contributed by atoms with Gasteiger partial charge in [-0.1, -0.05) is 72.4 Å². The van der Waals surface area contributed by atoms with Crippen molar-refractivity contribution in [2.75, 3.05) is 32.0 Å². The van der Waals surface area contributed by atoms with Crippen LogP contribution in [0.2, 0.25) is 0 Å². The van der Waals surface area contributed by atoms with E-state index in [1.54, 1.807) is 31.4 Å². The molecule has 15 heteroatoms. The number of unbranched alkanes of at least 4 members (excludes halogenated alkanes) is 3. The van der Waals surface area contributed by atoms with Gasteiger partial charge in [0.05, 0.1) is 17.6 Å². The summed E-state index contributed by atoms with van der Waals surface area (Å²) in [7, 11) is 0. The number of nitrogen functional groups attached to an aromatic ring is 1. The first-order valence-corrected chi connectivity index (χ1v) is 22.6. The Hall–Kier alpha value is -4.08. The van der Waals surface area contributed by atoms with Crippen molar-refractivity contribution in [3.8, 4) is 0 Å². The number of nitrogens with one attached hydrogen (secondary N) is 2. The fraction of sp³-hybridized carbons (Fsp3) is 0.689.